The number of hydrogen-bond donors (Lipinski definition) is 4. The van der Waals surface area contributed by atoms with Crippen molar-refractivity contribution in [2.24, 2.45) is 4.99 Å². The molecule has 0 atom stereocenters. The van der Waals surface area contributed by atoms with Crippen LogP contribution in [0.25, 0.3) is 74.2 Å². The number of aryl methyl sites for hydroxylation is 18. The summed E-state index contributed by atoms with van der Waals surface area (Å²) in [5, 5.41) is 0.366. The van der Waals surface area contributed by atoms with E-state index in [2.05, 4.69) is 281 Å². The lowest BCUT2D eigenvalue weighted by Gasteiger charge is -2.29. The molecule has 7 aliphatic heterocycles. The molecule has 1 aromatic heterocycles. The fourth-order valence-electron chi connectivity index (χ4n) is 15.7. The zero-order chi connectivity index (χ0) is 82.7. The van der Waals surface area contributed by atoms with E-state index < -0.39 is 33.7 Å². The lowest BCUT2D eigenvalue weighted by molar-refractivity contribution is 0.648. The van der Waals surface area contributed by atoms with E-state index in [4.69, 9.17) is 0 Å². The molecule has 0 aliphatic carbocycles. The summed E-state index contributed by atoms with van der Waals surface area (Å²) in [6.07, 6.45) is 13.0. The van der Waals surface area contributed by atoms with Crippen molar-refractivity contribution in [2.75, 3.05) is 11.4 Å². The Balaban J connectivity index is 0.000000136. The second-order valence-corrected chi connectivity index (χ2v) is 30.5. The lowest BCUT2D eigenvalue weighted by atomic mass is 10.0. The van der Waals surface area contributed by atoms with Crippen LogP contribution in [0, 0.1) is 48.5 Å². The smallest absolute Gasteiger partial charge is 0.322 e. The van der Waals surface area contributed by atoms with Crippen molar-refractivity contribution in [3.8, 4) is 34.6 Å². The van der Waals surface area contributed by atoms with Crippen LogP contribution >= 0.6 is 0 Å². The summed E-state index contributed by atoms with van der Waals surface area (Å²) < 4.78 is 5.93. The summed E-state index contributed by atoms with van der Waals surface area (Å²) in [7, 11) is 0. The molecule has 0 saturated heterocycles. The molecule has 0 spiro atoms. The van der Waals surface area contributed by atoms with E-state index in [-0.39, 0.29) is 22.6 Å². The van der Waals surface area contributed by atoms with Gasteiger partial charge in [-0.25, -0.2) is 39.3 Å². The Morgan fingerprint density at radius 3 is 1.25 bits per heavy atom. The molecule has 7 aliphatic rings. The monoisotopic (exact) mass is 1560 g/mol. The molecule has 4 N–H and O–H groups in total. The number of nitrogens with zero attached hydrogens (tertiary/aromatic N) is 12. The highest BCUT2D eigenvalue weighted by atomic mass is 16.2. The van der Waals surface area contributed by atoms with Crippen LogP contribution in [0.4, 0.5) is 17.2 Å². The average Bonchev–Trinajstić information content (AvgIpc) is 0.772. The van der Waals surface area contributed by atoms with Gasteiger partial charge < -0.3 is 23.6 Å². The third-order valence-electron chi connectivity index (χ3n) is 21.7. The normalized spacial score (nSPS) is 11.6. The number of aromatic amines is 4. The van der Waals surface area contributed by atoms with Gasteiger partial charge in [0.2, 0.25) is 0 Å². The van der Waals surface area contributed by atoms with Gasteiger partial charge in [0, 0.05) is 26.2 Å². The number of benzene rings is 8. The van der Waals surface area contributed by atoms with Crippen LogP contribution in [0.2, 0.25) is 0 Å². The first-order valence-corrected chi connectivity index (χ1v) is 40.6. The van der Waals surface area contributed by atoms with Crippen molar-refractivity contribution in [3.63, 3.8) is 0 Å². The Kier molecular flexibility index (Phi) is 25.6. The van der Waals surface area contributed by atoms with Crippen LogP contribution in [0.5, 0.6) is 0 Å². The van der Waals surface area contributed by atoms with Gasteiger partial charge >= 0.3 is 17.1 Å². The molecule has 0 bridgehead atoms. The van der Waals surface area contributed by atoms with E-state index in [1.54, 1.807) is 0 Å². The predicted molar refractivity (Wildman–Crippen MR) is 466 cm³/mol. The van der Waals surface area contributed by atoms with Crippen LogP contribution in [-0.2, 0) is 71.0 Å². The SMILES string of the molecule is C=c1nc2c(c(=O)[nH]1)=Nc1cc(CC)c(C)cc1N2CCCc1ccccc1.CCCc1cc2c(cc1C)nc1c(=O)[nH]c(=O)nc-1n2CCCc1cccc(C)c1.CCCc1cc2nc3c(=O)[nH]c(=O)nc-3n(CCCc3ccc(C)cc3)c2cc1C.CCc1cc2nc3c(=O)[nH]c(=O)nc-3n(CCCc3cccc(C)c3)c2cc1C. The van der Waals surface area contributed by atoms with Crippen LogP contribution in [-0.4, -0.2) is 75.1 Å². The Labute approximate surface area is 677 Å². The first-order valence-electron chi connectivity index (χ1n) is 40.6. The summed E-state index contributed by atoms with van der Waals surface area (Å²) >= 11 is 0. The van der Waals surface area contributed by atoms with Gasteiger partial charge in [0.15, 0.2) is 45.7 Å². The summed E-state index contributed by atoms with van der Waals surface area (Å²) in [5.74, 6) is 1.65. The van der Waals surface area contributed by atoms with Crippen molar-refractivity contribution < 1.29 is 0 Å². The highest BCUT2D eigenvalue weighted by Crippen LogP contribution is 2.38. The highest BCUT2D eigenvalue weighted by Gasteiger charge is 2.26. The van der Waals surface area contributed by atoms with Crippen LogP contribution in [0.1, 0.15) is 150 Å². The average molecular weight is 1570 g/mol. The fraction of sp³-hybridized carbons (Fsp3) is 0.309. The van der Waals surface area contributed by atoms with Gasteiger partial charge in [0.05, 0.1) is 44.5 Å². The van der Waals surface area contributed by atoms with Crippen molar-refractivity contribution in [1.82, 2.24) is 68.5 Å². The quantitative estimate of drug-likeness (QED) is 0.0459. The summed E-state index contributed by atoms with van der Waals surface area (Å²) in [6, 6.07) is 52.6. The zero-order valence-corrected chi connectivity index (χ0v) is 68.6. The number of rotatable bonds is 22. The maximum Gasteiger partial charge on any atom is 0.349 e. The molecule has 598 valence electrons. The number of hydrogen-bond acceptors (Lipinski definition) is 16. The minimum absolute atomic E-state index is 0.207. The van der Waals surface area contributed by atoms with Gasteiger partial charge in [-0.1, -0.05) is 167 Å². The van der Waals surface area contributed by atoms with Gasteiger partial charge in [0.1, 0.15) is 5.48 Å². The number of nitrogens with one attached hydrogen (secondary N) is 4. The molecule has 23 heteroatoms. The molecule has 23 nitrogen and oxygen atoms in total. The number of fused-ring (bicyclic) bond motifs is 8. The number of aromatic nitrogens is 14. The van der Waals surface area contributed by atoms with Crippen LogP contribution < -0.4 is 55.0 Å². The van der Waals surface area contributed by atoms with E-state index in [1.807, 2.05) is 31.9 Å². The van der Waals surface area contributed by atoms with Crippen LogP contribution in [0.3, 0.4) is 0 Å². The molecule has 0 radical (unpaired) electrons. The van der Waals surface area contributed by atoms with E-state index in [0.717, 1.165) is 146 Å². The Morgan fingerprint density at radius 1 is 0.350 bits per heavy atom. The molecule has 0 amide bonds. The zero-order valence-electron chi connectivity index (χ0n) is 68.6. The largest absolute Gasteiger partial charge is 0.349 e. The van der Waals surface area contributed by atoms with Crippen LogP contribution in [0.15, 0.2) is 190 Å². The van der Waals surface area contributed by atoms with E-state index in [0.29, 0.717) is 53.8 Å². The number of anilines is 2. The molecule has 16 rings (SSSR count). The molecule has 0 saturated carbocycles. The Morgan fingerprint density at radius 2 is 0.761 bits per heavy atom. The van der Waals surface area contributed by atoms with Gasteiger partial charge in [-0.3, -0.25) is 34.1 Å². The van der Waals surface area contributed by atoms with Crippen molar-refractivity contribution in [3.05, 3.63) is 319 Å². The summed E-state index contributed by atoms with van der Waals surface area (Å²) in [6.45, 7) is 29.6. The van der Waals surface area contributed by atoms with E-state index in [9.17, 15) is 33.6 Å². The van der Waals surface area contributed by atoms with Gasteiger partial charge in [-0.2, -0.15) is 15.0 Å². The standard InChI is InChI=1S/2C24H26N4O2.C23H24N4O2.C23H24N4O/c1-4-7-18-14-20-19(13-16(18)3)25-21-22(26-24(30)27-23(21)29)28(20)11-6-10-17-9-5-8-15(2)12-17;1-4-6-18-14-19-20(13-16(18)3)28(12-5-7-17-10-8-15(2)9-11-17)22-21(25-19)23(29)27-24(30)26-22;1-4-17-13-18-19(12-15(17)3)27(10-6-9-16-8-5-7-14(2)11-16)21-20(24-18)22(28)26-23(29)25-21;1-4-18-14-19-20(13-15(18)2)27(12-8-11-17-9-6-5-7-10-17)22-21(26-19)23(28)25-16(3)24-22/h5,8-9,12-14H,4,6-7,10-11H2,1-3H3,(H,27,29,30);8-11,13-14H,4-7,12H2,1-3H3,(H,27,29,30);5,7-8,11-13H,4,6,9-10H2,1-3H3,(H,26,28,29);5-7,9-10,13-14H,3-4,8,11-12H2,1-2H3,(H,25,28). The van der Waals surface area contributed by atoms with Gasteiger partial charge in [0.25, 0.3) is 22.2 Å². The molecule has 8 aromatic carbocycles. The molecular formula is C94H100N16O7. The number of H-pyrrole nitrogens is 4. The topological polar surface area (TPSA) is 303 Å². The molecule has 8 heterocycles. The Bertz CT molecular complexity index is 6660. The van der Waals surface area contributed by atoms with Crippen molar-refractivity contribution >= 4 is 56.9 Å². The minimum Gasteiger partial charge on any atom is -0.322 e. The molecule has 117 heavy (non-hydrogen) atoms. The fourth-order valence-corrected chi connectivity index (χ4v) is 15.7. The summed E-state index contributed by atoms with van der Waals surface area (Å²) in [5.41, 5.74) is 22.7. The maximum absolute atomic E-state index is 12.5. The van der Waals surface area contributed by atoms with Crippen molar-refractivity contribution in [2.45, 2.75) is 186 Å². The molecule has 0 fully saturated rings. The lowest BCUT2D eigenvalue weighted by Crippen LogP contribution is -2.42. The third kappa shape index (κ3) is 19.0. The Hall–Kier alpha value is -13.1. The second kappa shape index (κ2) is 36.6. The van der Waals surface area contributed by atoms with E-state index >= 15 is 0 Å². The summed E-state index contributed by atoms with van der Waals surface area (Å²) in [4.78, 5) is 132. The van der Waals surface area contributed by atoms with Crippen molar-refractivity contribution in [1.29, 1.82) is 0 Å². The van der Waals surface area contributed by atoms with Gasteiger partial charge in [-0.05, 0) is 241 Å². The minimum atomic E-state index is -0.641. The second-order valence-electron chi connectivity index (χ2n) is 30.5. The first-order chi connectivity index (χ1) is 56.4. The highest BCUT2D eigenvalue weighted by molar-refractivity contribution is 5.84. The molecular weight excluding hydrogens is 1470 g/mol. The van der Waals surface area contributed by atoms with E-state index in [1.165, 1.54) is 77.9 Å². The predicted octanol–water partition coefficient (Wildman–Crippen LogP) is 14.1. The molecule has 9 aromatic rings. The van der Waals surface area contributed by atoms with Gasteiger partial charge in [-0.15, -0.1) is 0 Å². The maximum atomic E-state index is 12.5. The first kappa shape index (κ1) is 81.9. The molecule has 0 unspecified atom stereocenters. The third-order valence-corrected chi connectivity index (χ3v) is 21.7.